The number of carbonyl (C=O) groups is 1. The second-order valence-electron chi connectivity index (χ2n) is 4.95. The third kappa shape index (κ3) is 2.37. The molecular weight excluding hydrogens is 246 g/mol. The molecule has 2 aliphatic rings. The average Bonchev–Trinajstić information content (AvgIpc) is 3.11. The van der Waals surface area contributed by atoms with E-state index in [0.29, 0.717) is 5.91 Å². The molecule has 98 valence electrons. The van der Waals surface area contributed by atoms with E-state index in [2.05, 4.69) is 27.7 Å². The molecule has 0 saturated carbocycles. The summed E-state index contributed by atoms with van der Waals surface area (Å²) >= 11 is 1.78. The van der Waals surface area contributed by atoms with Gasteiger partial charge in [-0.3, -0.25) is 4.79 Å². The van der Waals surface area contributed by atoms with E-state index >= 15 is 0 Å². The molecule has 0 radical (unpaired) electrons. The Balaban J connectivity index is 1.55. The summed E-state index contributed by atoms with van der Waals surface area (Å²) in [6, 6.07) is 4.24. The Hall–Kier alpha value is -1.07. The molecule has 3 heterocycles. The summed E-state index contributed by atoms with van der Waals surface area (Å²) in [6.45, 7) is 5.52. The highest BCUT2D eigenvalue weighted by Gasteiger charge is 2.29. The number of hydrogen-bond donors (Lipinski definition) is 1. The molecule has 18 heavy (non-hydrogen) atoms. The highest BCUT2D eigenvalue weighted by Crippen LogP contribution is 2.23. The fourth-order valence-electron chi connectivity index (χ4n) is 2.72. The number of thiophene rings is 1. The summed E-state index contributed by atoms with van der Waals surface area (Å²) in [5, 5.41) is 6.70. The van der Waals surface area contributed by atoms with Crippen LogP contribution in [0, 0.1) is 5.92 Å². The fraction of sp³-hybridized carbons (Fsp3) is 0.615. The number of rotatable bonds is 2. The highest BCUT2D eigenvalue weighted by molar-refractivity contribution is 7.14. The molecule has 2 aliphatic heterocycles. The summed E-state index contributed by atoms with van der Waals surface area (Å²) < 4.78 is 0. The Morgan fingerprint density at radius 2 is 2.17 bits per heavy atom. The maximum Gasteiger partial charge on any atom is 0.227 e. The largest absolute Gasteiger partial charge is 0.360 e. The zero-order chi connectivity index (χ0) is 12.4. The maximum atomic E-state index is 12.3. The Bertz CT molecular complexity index is 392. The molecule has 0 aromatic carbocycles. The summed E-state index contributed by atoms with van der Waals surface area (Å²) in [4.78, 5) is 16.7. The van der Waals surface area contributed by atoms with Crippen molar-refractivity contribution in [1.29, 1.82) is 0 Å². The van der Waals surface area contributed by atoms with Gasteiger partial charge in [-0.1, -0.05) is 0 Å². The third-order valence-corrected chi connectivity index (χ3v) is 4.75. The van der Waals surface area contributed by atoms with Crippen LogP contribution in [0.2, 0.25) is 0 Å². The number of amides is 1. The second kappa shape index (κ2) is 5.28. The van der Waals surface area contributed by atoms with E-state index in [-0.39, 0.29) is 5.92 Å². The second-order valence-corrected chi connectivity index (χ2v) is 5.88. The molecule has 1 amide bonds. The van der Waals surface area contributed by atoms with Gasteiger partial charge in [0.25, 0.3) is 0 Å². The maximum absolute atomic E-state index is 12.3. The molecule has 2 fully saturated rings. The van der Waals surface area contributed by atoms with E-state index in [1.54, 1.807) is 11.3 Å². The molecule has 1 aromatic rings. The SMILES string of the molecule is O=C(C1CCNC1)N1CCN(c2cccs2)CC1. The van der Waals surface area contributed by atoms with Gasteiger partial charge in [-0.15, -0.1) is 11.3 Å². The lowest BCUT2D eigenvalue weighted by Gasteiger charge is -2.36. The molecule has 5 heteroatoms. The van der Waals surface area contributed by atoms with Crippen LogP contribution in [0.5, 0.6) is 0 Å². The van der Waals surface area contributed by atoms with Crippen molar-refractivity contribution in [1.82, 2.24) is 10.2 Å². The molecule has 4 nitrogen and oxygen atoms in total. The fourth-order valence-corrected chi connectivity index (χ4v) is 3.51. The zero-order valence-electron chi connectivity index (χ0n) is 10.5. The number of piperazine rings is 1. The normalized spacial score (nSPS) is 24.6. The first-order valence-corrected chi connectivity index (χ1v) is 7.50. The molecular formula is C13H19N3OS. The Labute approximate surface area is 112 Å². The monoisotopic (exact) mass is 265 g/mol. The van der Waals surface area contributed by atoms with Crippen LogP contribution >= 0.6 is 11.3 Å². The van der Waals surface area contributed by atoms with Crippen molar-refractivity contribution in [2.45, 2.75) is 6.42 Å². The van der Waals surface area contributed by atoms with E-state index in [1.165, 1.54) is 5.00 Å². The van der Waals surface area contributed by atoms with E-state index in [4.69, 9.17) is 0 Å². The Kier molecular flexibility index (Phi) is 3.52. The van der Waals surface area contributed by atoms with E-state index in [0.717, 1.165) is 45.7 Å². The van der Waals surface area contributed by atoms with Crippen molar-refractivity contribution >= 4 is 22.2 Å². The predicted molar refractivity (Wildman–Crippen MR) is 74.1 cm³/mol. The van der Waals surface area contributed by atoms with Gasteiger partial charge in [-0.25, -0.2) is 0 Å². The molecule has 0 spiro atoms. The number of anilines is 1. The van der Waals surface area contributed by atoms with Gasteiger partial charge in [0.05, 0.1) is 10.9 Å². The minimum absolute atomic E-state index is 0.221. The van der Waals surface area contributed by atoms with Crippen LogP contribution in [0.15, 0.2) is 17.5 Å². The van der Waals surface area contributed by atoms with Crippen LogP contribution in [-0.2, 0) is 4.79 Å². The molecule has 1 unspecified atom stereocenters. The number of carbonyl (C=O) groups excluding carboxylic acids is 1. The predicted octanol–water partition coefficient (Wildman–Crippen LogP) is 1.01. The van der Waals surface area contributed by atoms with E-state index < -0.39 is 0 Å². The smallest absolute Gasteiger partial charge is 0.227 e. The minimum atomic E-state index is 0.221. The van der Waals surface area contributed by atoms with Gasteiger partial charge < -0.3 is 15.1 Å². The van der Waals surface area contributed by atoms with E-state index in [1.807, 2.05) is 4.90 Å². The summed E-state index contributed by atoms with van der Waals surface area (Å²) in [7, 11) is 0. The van der Waals surface area contributed by atoms with Gasteiger partial charge in [0, 0.05) is 32.7 Å². The molecule has 1 N–H and O–H groups in total. The van der Waals surface area contributed by atoms with Crippen molar-refractivity contribution in [3.05, 3.63) is 17.5 Å². The number of hydrogen-bond acceptors (Lipinski definition) is 4. The number of nitrogens with zero attached hydrogens (tertiary/aromatic N) is 2. The molecule has 1 aromatic heterocycles. The lowest BCUT2D eigenvalue weighted by molar-refractivity contribution is -0.135. The van der Waals surface area contributed by atoms with E-state index in [9.17, 15) is 4.79 Å². The highest BCUT2D eigenvalue weighted by atomic mass is 32.1. The third-order valence-electron chi connectivity index (χ3n) is 3.82. The summed E-state index contributed by atoms with van der Waals surface area (Å²) in [5.41, 5.74) is 0. The first-order chi connectivity index (χ1) is 8.84. The topological polar surface area (TPSA) is 35.6 Å². The lowest BCUT2D eigenvalue weighted by atomic mass is 10.1. The van der Waals surface area contributed by atoms with Crippen LogP contribution in [0.1, 0.15) is 6.42 Å². The average molecular weight is 265 g/mol. The van der Waals surface area contributed by atoms with Crippen molar-refractivity contribution < 1.29 is 4.79 Å². The Morgan fingerprint density at radius 1 is 1.33 bits per heavy atom. The van der Waals surface area contributed by atoms with Crippen LogP contribution < -0.4 is 10.2 Å². The first kappa shape index (κ1) is 12.0. The molecule has 1 atom stereocenters. The standard InChI is InChI=1S/C13H19N3OS/c17-13(11-3-4-14-10-11)16-7-5-15(6-8-16)12-2-1-9-18-12/h1-2,9,11,14H,3-8,10H2. The minimum Gasteiger partial charge on any atom is -0.360 e. The van der Waals surface area contributed by atoms with Crippen molar-refractivity contribution in [3.8, 4) is 0 Å². The van der Waals surface area contributed by atoms with Crippen LogP contribution in [0.3, 0.4) is 0 Å². The van der Waals surface area contributed by atoms with Crippen LogP contribution in [0.25, 0.3) is 0 Å². The van der Waals surface area contributed by atoms with Gasteiger partial charge >= 0.3 is 0 Å². The summed E-state index contributed by atoms with van der Waals surface area (Å²) in [5.74, 6) is 0.573. The van der Waals surface area contributed by atoms with Gasteiger partial charge in [0.15, 0.2) is 0 Å². The van der Waals surface area contributed by atoms with Crippen molar-refractivity contribution in [3.63, 3.8) is 0 Å². The Morgan fingerprint density at radius 3 is 2.78 bits per heavy atom. The number of nitrogens with one attached hydrogen (secondary N) is 1. The quantitative estimate of drug-likeness (QED) is 0.867. The van der Waals surface area contributed by atoms with Gasteiger partial charge in [0.1, 0.15) is 0 Å². The molecule has 0 bridgehead atoms. The lowest BCUT2D eigenvalue weighted by Crippen LogP contribution is -2.50. The van der Waals surface area contributed by atoms with Gasteiger partial charge in [0.2, 0.25) is 5.91 Å². The van der Waals surface area contributed by atoms with Crippen molar-refractivity contribution in [2.24, 2.45) is 5.92 Å². The molecule has 3 rings (SSSR count). The van der Waals surface area contributed by atoms with Crippen LogP contribution in [-0.4, -0.2) is 50.1 Å². The summed E-state index contributed by atoms with van der Waals surface area (Å²) in [6.07, 6.45) is 1.00. The molecule has 0 aliphatic carbocycles. The zero-order valence-corrected chi connectivity index (χ0v) is 11.3. The molecule has 2 saturated heterocycles. The van der Waals surface area contributed by atoms with Gasteiger partial charge in [-0.2, -0.15) is 0 Å². The van der Waals surface area contributed by atoms with Crippen LogP contribution in [0.4, 0.5) is 5.00 Å². The van der Waals surface area contributed by atoms with Gasteiger partial charge in [-0.05, 0) is 30.5 Å². The first-order valence-electron chi connectivity index (χ1n) is 6.62. The van der Waals surface area contributed by atoms with Crippen molar-refractivity contribution in [2.75, 3.05) is 44.2 Å².